The van der Waals surface area contributed by atoms with E-state index in [2.05, 4.69) is 15.2 Å². The van der Waals surface area contributed by atoms with Gasteiger partial charge in [0.2, 0.25) is 10.0 Å². The average molecular weight is 589 g/mol. The van der Waals surface area contributed by atoms with E-state index in [1.54, 1.807) is 29.9 Å². The molecule has 3 aromatic heterocycles. The van der Waals surface area contributed by atoms with Gasteiger partial charge in [-0.2, -0.15) is 27.7 Å². The van der Waals surface area contributed by atoms with Gasteiger partial charge < -0.3 is 0 Å². The first kappa shape index (κ1) is 27.0. The van der Waals surface area contributed by atoms with Crippen LogP contribution in [0, 0.1) is 11.2 Å². The van der Waals surface area contributed by atoms with Crippen LogP contribution in [0.4, 0.5) is 17.6 Å². The third-order valence-corrected chi connectivity index (χ3v) is 9.32. The van der Waals surface area contributed by atoms with Crippen LogP contribution in [0.1, 0.15) is 33.7 Å². The number of aryl methyl sites for hydroxylation is 1. The van der Waals surface area contributed by atoms with Gasteiger partial charge in [-0.25, -0.2) is 17.5 Å². The number of piperidine rings is 1. The summed E-state index contributed by atoms with van der Waals surface area (Å²) in [7, 11) is -2.51. The molecule has 41 heavy (non-hydrogen) atoms. The van der Waals surface area contributed by atoms with Crippen LogP contribution in [-0.2, 0) is 29.7 Å². The zero-order chi connectivity index (χ0) is 29.2. The fraction of sp³-hybridized carbons (Fsp3) is 0.259. The minimum absolute atomic E-state index is 0.0226. The lowest BCUT2D eigenvalue weighted by atomic mass is 9.65. The van der Waals surface area contributed by atoms with E-state index in [0.29, 0.717) is 28.6 Å². The summed E-state index contributed by atoms with van der Waals surface area (Å²) in [6.07, 6.45) is 2.13. The Balaban J connectivity index is 1.47. The minimum Gasteiger partial charge on any atom is -0.291 e. The van der Waals surface area contributed by atoms with Crippen LogP contribution < -0.4 is 0 Å². The van der Waals surface area contributed by atoms with Crippen molar-refractivity contribution in [2.24, 2.45) is 12.5 Å². The number of fused-ring (bicyclic) bond motifs is 2. The lowest BCUT2D eigenvalue weighted by molar-refractivity contribution is -0.137. The van der Waals surface area contributed by atoms with Gasteiger partial charge in [-0.1, -0.05) is 5.57 Å². The minimum atomic E-state index is -4.70. The number of sulfonamides is 1. The first-order valence-electron chi connectivity index (χ1n) is 12.5. The largest absolute Gasteiger partial charge is 0.416 e. The summed E-state index contributed by atoms with van der Waals surface area (Å²) >= 11 is 0. The molecule has 4 aromatic rings. The molecule has 0 spiro atoms. The van der Waals surface area contributed by atoms with Crippen molar-refractivity contribution in [3.63, 3.8) is 0 Å². The first-order chi connectivity index (χ1) is 19.4. The van der Waals surface area contributed by atoms with Gasteiger partial charge in [0.25, 0.3) is 0 Å². The number of pyridine rings is 1. The number of hydrogen-bond acceptors (Lipinski definition) is 6. The van der Waals surface area contributed by atoms with Gasteiger partial charge in [-0.15, -0.1) is 0 Å². The normalized spacial score (nSPS) is 19.4. The highest BCUT2D eigenvalue weighted by atomic mass is 32.2. The molecule has 6 rings (SSSR count). The summed E-state index contributed by atoms with van der Waals surface area (Å²) in [5.74, 6) is -1.14. The second-order valence-corrected chi connectivity index (χ2v) is 12.0. The van der Waals surface area contributed by atoms with Crippen molar-refractivity contribution in [1.29, 1.82) is 0 Å². The van der Waals surface area contributed by atoms with Crippen LogP contribution in [-0.4, -0.2) is 56.1 Å². The Kier molecular flexibility index (Phi) is 6.23. The maximum Gasteiger partial charge on any atom is 0.416 e. The Morgan fingerprint density at radius 2 is 1.83 bits per heavy atom. The van der Waals surface area contributed by atoms with E-state index < -0.39 is 44.5 Å². The molecule has 1 aliphatic heterocycles. The Hall–Kier alpha value is -4.17. The fourth-order valence-corrected chi connectivity index (χ4v) is 6.95. The smallest absolute Gasteiger partial charge is 0.291 e. The van der Waals surface area contributed by atoms with Crippen LogP contribution in [0.5, 0.6) is 0 Å². The SMILES string of the molecule is [14CH3]n1cc(S(=O)(=O)N2CCC3=Cc4c(cnn4-c4ccc(F)cc4)C[C@]3(C(=O)c3cc(C(F)(F)F)ccn3)C2)cn1. The number of hydrogen-bond donors (Lipinski definition) is 0. The second-order valence-electron chi connectivity index (χ2n) is 10.1. The molecular formula is C27H22F4N6O3S. The molecular weight excluding hydrogens is 566 g/mol. The van der Waals surface area contributed by atoms with E-state index in [-0.39, 0.29) is 30.8 Å². The van der Waals surface area contributed by atoms with E-state index in [1.807, 2.05) is 0 Å². The predicted molar refractivity (Wildman–Crippen MR) is 138 cm³/mol. The number of ketones is 1. The van der Waals surface area contributed by atoms with E-state index in [4.69, 9.17) is 0 Å². The lowest BCUT2D eigenvalue weighted by Crippen LogP contribution is -2.53. The lowest BCUT2D eigenvalue weighted by Gasteiger charge is -2.44. The second kappa shape index (κ2) is 9.45. The van der Waals surface area contributed by atoms with Gasteiger partial charge in [0, 0.05) is 32.5 Å². The molecule has 4 heterocycles. The number of carbonyl (C=O) groups excluding carboxylic acids is 1. The zero-order valence-electron chi connectivity index (χ0n) is 21.5. The monoisotopic (exact) mass is 588 g/mol. The summed E-state index contributed by atoms with van der Waals surface area (Å²) in [6.45, 7) is -0.276. The molecule has 1 aliphatic carbocycles. The summed E-state index contributed by atoms with van der Waals surface area (Å²) in [5, 5.41) is 8.35. The highest BCUT2D eigenvalue weighted by Gasteiger charge is 2.51. The van der Waals surface area contributed by atoms with Crippen LogP contribution in [0.2, 0.25) is 0 Å². The number of nitrogens with zero attached hydrogens (tertiary/aromatic N) is 6. The van der Waals surface area contributed by atoms with Crippen molar-refractivity contribution in [3.8, 4) is 5.69 Å². The topological polar surface area (TPSA) is 103 Å². The Labute approximate surface area is 231 Å². The molecule has 0 saturated carbocycles. The van der Waals surface area contributed by atoms with E-state index in [1.165, 1.54) is 39.7 Å². The van der Waals surface area contributed by atoms with Crippen LogP contribution in [0.3, 0.4) is 0 Å². The van der Waals surface area contributed by atoms with Gasteiger partial charge in [-0.3, -0.25) is 14.5 Å². The fourth-order valence-electron chi connectivity index (χ4n) is 5.47. The number of alkyl halides is 3. The van der Waals surface area contributed by atoms with Crippen molar-refractivity contribution in [3.05, 3.63) is 95.1 Å². The third-order valence-electron chi connectivity index (χ3n) is 7.53. The van der Waals surface area contributed by atoms with E-state index >= 15 is 0 Å². The highest BCUT2D eigenvalue weighted by Crippen LogP contribution is 2.47. The summed E-state index contributed by atoms with van der Waals surface area (Å²) in [5.41, 5.74) is -0.659. The molecule has 14 heteroatoms. The maximum absolute atomic E-state index is 14.2. The van der Waals surface area contributed by atoms with Crippen molar-refractivity contribution < 1.29 is 30.8 Å². The molecule has 212 valence electrons. The number of carbonyl (C=O) groups is 1. The van der Waals surface area contributed by atoms with Crippen molar-refractivity contribution in [1.82, 2.24) is 28.9 Å². The highest BCUT2D eigenvalue weighted by molar-refractivity contribution is 7.89. The molecule has 0 unspecified atom stereocenters. The molecule has 0 radical (unpaired) electrons. The summed E-state index contributed by atoms with van der Waals surface area (Å²) < 4.78 is 85.3. The molecule has 0 N–H and O–H groups in total. The quantitative estimate of drug-likeness (QED) is 0.257. The van der Waals surface area contributed by atoms with Gasteiger partial charge >= 0.3 is 6.18 Å². The molecule has 1 aromatic carbocycles. The summed E-state index contributed by atoms with van der Waals surface area (Å²) in [4.78, 5) is 18.1. The molecule has 1 saturated heterocycles. The average Bonchev–Trinajstić information content (AvgIpc) is 3.57. The molecule has 1 atom stereocenters. The molecule has 9 nitrogen and oxygen atoms in total. The standard InChI is InChI=1S/C27H22F4N6O3S/c1-35-15-22(14-33-35)41(39,40)36-9-7-18-11-24-17(13-34-37(24)21-4-2-20(28)3-5-21)12-26(18,16-36)25(38)23-10-19(6-8-32-23)27(29,30)31/h2-6,8,10-11,13-15H,7,9,12,16H2,1H3/t26-/m0/s1/i1+2. The molecule has 1 fully saturated rings. The van der Waals surface area contributed by atoms with Crippen LogP contribution in [0.25, 0.3) is 11.8 Å². The van der Waals surface area contributed by atoms with Gasteiger partial charge in [0.05, 0.1) is 34.8 Å². The Morgan fingerprint density at radius 3 is 2.51 bits per heavy atom. The third kappa shape index (κ3) is 4.56. The predicted octanol–water partition coefficient (Wildman–Crippen LogP) is 4.06. The Morgan fingerprint density at radius 1 is 1.07 bits per heavy atom. The van der Waals surface area contributed by atoms with E-state index in [9.17, 15) is 30.8 Å². The van der Waals surface area contributed by atoms with Crippen LogP contribution in [0.15, 0.2) is 71.7 Å². The first-order valence-corrected chi connectivity index (χ1v) is 13.9. The van der Waals surface area contributed by atoms with Crippen molar-refractivity contribution in [2.45, 2.75) is 23.9 Å². The maximum atomic E-state index is 14.2. The van der Waals surface area contributed by atoms with Crippen molar-refractivity contribution in [2.75, 3.05) is 13.1 Å². The number of benzene rings is 1. The zero-order valence-corrected chi connectivity index (χ0v) is 22.3. The van der Waals surface area contributed by atoms with E-state index in [0.717, 1.165) is 12.3 Å². The summed E-state index contributed by atoms with van der Waals surface area (Å²) in [6, 6.07) is 7.13. The molecule has 2 aliphatic rings. The number of Topliss-reactive ketones (excluding diaryl/α,β-unsaturated/α-hetero) is 1. The van der Waals surface area contributed by atoms with Crippen LogP contribution >= 0.6 is 0 Å². The van der Waals surface area contributed by atoms with Gasteiger partial charge in [-0.05, 0) is 60.9 Å². The molecule has 0 bridgehead atoms. The van der Waals surface area contributed by atoms with Crippen molar-refractivity contribution >= 4 is 21.9 Å². The number of rotatable bonds is 5. The number of halogens is 4. The van der Waals surface area contributed by atoms with Gasteiger partial charge in [0.1, 0.15) is 16.4 Å². The molecule has 0 amide bonds. The number of aromatic nitrogens is 5. The van der Waals surface area contributed by atoms with Gasteiger partial charge in [0.15, 0.2) is 5.78 Å². The Bertz CT molecular complexity index is 1810.